The molecule has 3 nitrogen and oxygen atoms in total. The topological polar surface area (TPSA) is 14.8 Å². The molecule has 1 aliphatic carbocycles. The van der Waals surface area contributed by atoms with Crippen molar-refractivity contribution in [1.82, 2.24) is 13.7 Å². The third-order valence-corrected chi connectivity index (χ3v) is 13.6. The van der Waals surface area contributed by atoms with E-state index in [-0.39, 0.29) is 0 Å². The van der Waals surface area contributed by atoms with E-state index >= 15 is 0 Å². The van der Waals surface area contributed by atoms with Gasteiger partial charge in [0.1, 0.15) is 0 Å². The third kappa shape index (κ3) is 4.81. The van der Waals surface area contributed by atoms with Crippen LogP contribution >= 0.6 is 11.3 Å². The summed E-state index contributed by atoms with van der Waals surface area (Å²) in [6.45, 7) is 0. The number of hydrogen-bond acceptors (Lipinski definition) is 1. The van der Waals surface area contributed by atoms with E-state index < -0.39 is 0 Å². The van der Waals surface area contributed by atoms with Gasteiger partial charge in [0.05, 0.1) is 33.3 Å². The average molecular weight is 770 g/mol. The van der Waals surface area contributed by atoms with Gasteiger partial charge in [-0.15, -0.1) is 11.3 Å². The summed E-state index contributed by atoms with van der Waals surface area (Å²) in [5, 5.41) is 8.97. The summed E-state index contributed by atoms with van der Waals surface area (Å²) >= 11 is 1.87. The van der Waals surface area contributed by atoms with Crippen molar-refractivity contribution in [1.29, 1.82) is 0 Å². The lowest BCUT2D eigenvalue weighted by molar-refractivity contribution is 1.09. The van der Waals surface area contributed by atoms with Gasteiger partial charge in [0.15, 0.2) is 0 Å². The van der Waals surface area contributed by atoms with Gasteiger partial charge in [-0.2, -0.15) is 0 Å². The minimum absolute atomic E-state index is 0.820. The number of rotatable bonds is 4. The number of benzene rings is 8. The van der Waals surface area contributed by atoms with E-state index in [1.54, 1.807) is 0 Å². The predicted molar refractivity (Wildman–Crippen MR) is 252 cm³/mol. The minimum atomic E-state index is 0.820. The summed E-state index contributed by atoms with van der Waals surface area (Å²) in [5.41, 5.74) is 14.5. The molecule has 4 aromatic heterocycles. The summed E-state index contributed by atoms with van der Waals surface area (Å²) in [7, 11) is 0. The van der Waals surface area contributed by atoms with Crippen LogP contribution in [0.5, 0.6) is 0 Å². The van der Waals surface area contributed by atoms with Gasteiger partial charge in [-0.05, 0) is 95.9 Å². The van der Waals surface area contributed by atoms with Gasteiger partial charge in [0, 0.05) is 64.2 Å². The summed E-state index contributed by atoms with van der Waals surface area (Å²) in [6.07, 6.45) is 7.96. The highest BCUT2D eigenvalue weighted by molar-refractivity contribution is 7.25. The van der Waals surface area contributed by atoms with Crippen molar-refractivity contribution in [3.63, 3.8) is 0 Å². The lowest BCUT2D eigenvalue weighted by Gasteiger charge is -2.16. The number of allylic oxidation sites excluding steroid dienone is 3. The summed E-state index contributed by atoms with van der Waals surface area (Å²) in [5.74, 6) is 0. The monoisotopic (exact) mass is 769 g/mol. The summed E-state index contributed by atoms with van der Waals surface area (Å²) in [6, 6.07) is 67.0. The van der Waals surface area contributed by atoms with Gasteiger partial charge in [0.2, 0.25) is 0 Å². The average Bonchev–Trinajstić information content (AvgIpc) is 3.98. The van der Waals surface area contributed by atoms with Crippen molar-refractivity contribution in [2.45, 2.75) is 6.42 Å². The van der Waals surface area contributed by atoms with Crippen LogP contribution in [0.1, 0.15) is 16.8 Å². The smallest absolute Gasteiger partial charge is 0.0541 e. The van der Waals surface area contributed by atoms with Crippen LogP contribution < -0.4 is 0 Å². The highest BCUT2D eigenvalue weighted by Crippen LogP contribution is 2.41. The lowest BCUT2D eigenvalue weighted by atomic mass is 10.0. The molecule has 1 aliphatic rings. The largest absolute Gasteiger partial charge is 0.310 e. The molecular weight excluding hydrogens is 735 g/mol. The van der Waals surface area contributed by atoms with Gasteiger partial charge >= 0.3 is 0 Å². The molecule has 4 heteroatoms. The Balaban J connectivity index is 1.03. The highest BCUT2D eigenvalue weighted by Gasteiger charge is 2.21. The Morgan fingerprint density at radius 1 is 0.356 bits per heavy atom. The molecule has 8 aromatic carbocycles. The number of hydrogen-bond donors (Lipinski definition) is 0. The van der Waals surface area contributed by atoms with Gasteiger partial charge in [-0.3, -0.25) is 0 Å². The van der Waals surface area contributed by atoms with E-state index in [0.29, 0.717) is 0 Å². The fraction of sp³-hybridized carbons (Fsp3) is 0.0182. The number of aromatic nitrogens is 3. The van der Waals surface area contributed by atoms with Crippen LogP contribution in [0.2, 0.25) is 0 Å². The normalized spacial score (nSPS) is 13.1. The highest BCUT2D eigenvalue weighted by atomic mass is 32.1. The molecule has 0 spiro atoms. The van der Waals surface area contributed by atoms with Crippen LogP contribution in [-0.2, 0) is 6.42 Å². The van der Waals surface area contributed by atoms with Gasteiger partial charge < -0.3 is 13.7 Å². The van der Waals surface area contributed by atoms with Crippen molar-refractivity contribution in [3.8, 4) is 17.1 Å². The van der Waals surface area contributed by atoms with Crippen LogP contribution in [0.3, 0.4) is 0 Å². The Labute approximate surface area is 344 Å². The first-order chi connectivity index (χ1) is 29.3. The third-order valence-electron chi connectivity index (χ3n) is 12.5. The molecule has 4 heterocycles. The zero-order valence-corrected chi connectivity index (χ0v) is 32.8. The van der Waals surface area contributed by atoms with Crippen LogP contribution in [0, 0.1) is 0 Å². The molecule has 0 radical (unpaired) electrons. The fourth-order valence-corrected chi connectivity index (χ4v) is 11.1. The quantitative estimate of drug-likeness (QED) is 0.169. The molecular formula is C55H35N3S. The van der Waals surface area contributed by atoms with E-state index in [1.807, 2.05) is 11.3 Å². The maximum Gasteiger partial charge on any atom is 0.0541 e. The fourth-order valence-electron chi connectivity index (χ4n) is 9.93. The van der Waals surface area contributed by atoms with Crippen molar-refractivity contribution in [2.75, 3.05) is 0 Å². The van der Waals surface area contributed by atoms with Gasteiger partial charge in [0.25, 0.3) is 0 Å². The molecule has 276 valence electrons. The second-order valence-corrected chi connectivity index (χ2v) is 16.8. The molecule has 59 heavy (non-hydrogen) atoms. The second kappa shape index (κ2) is 12.5. The van der Waals surface area contributed by atoms with E-state index in [9.17, 15) is 0 Å². The first-order valence-corrected chi connectivity index (χ1v) is 21.1. The standard InChI is InChI=1S/C55H35N3S/c1-8-20-49-40(13-1)41-14-2-9-21-50(41)57(49)38-31-36(32-39(33-38)58-51-22-10-3-15-42(51)43-16-4-11-23-52(43)58)35-25-28-45-44-17-5-7-19-48(44)56(53(45)30-26-35)37-27-29-47-46-18-6-12-24-54(46)59-55(47)34-37/h1-27,29-34H,28H2. The van der Waals surface area contributed by atoms with E-state index in [0.717, 1.165) is 17.8 Å². The molecule has 13 rings (SSSR count). The zero-order valence-electron chi connectivity index (χ0n) is 32.0. The van der Waals surface area contributed by atoms with Gasteiger partial charge in [-0.25, -0.2) is 0 Å². The van der Waals surface area contributed by atoms with Crippen molar-refractivity contribution in [2.24, 2.45) is 0 Å². The van der Waals surface area contributed by atoms with Crippen molar-refractivity contribution in [3.05, 3.63) is 211 Å². The van der Waals surface area contributed by atoms with Crippen molar-refractivity contribution < 1.29 is 0 Å². The Kier molecular flexibility index (Phi) is 6.95. The molecule has 0 fully saturated rings. The predicted octanol–water partition coefficient (Wildman–Crippen LogP) is 14.8. The number of para-hydroxylation sites is 5. The Morgan fingerprint density at radius 3 is 1.41 bits per heavy atom. The number of fused-ring (bicyclic) bond motifs is 12. The Hall–Kier alpha value is -7.40. The number of thiophene rings is 1. The summed E-state index contributed by atoms with van der Waals surface area (Å²) in [4.78, 5) is 0. The van der Waals surface area contributed by atoms with Gasteiger partial charge in [-0.1, -0.05) is 127 Å². The molecule has 0 atom stereocenters. The Bertz CT molecular complexity index is 3530. The molecule has 0 saturated carbocycles. The molecule has 0 N–H and O–H groups in total. The lowest BCUT2D eigenvalue weighted by Crippen LogP contribution is -2.01. The van der Waals surface area contributed by atoms with E-state index in [4.69, 9.17) is 0 Å². The molecule has 12 aromatic rings. The van der Waals surface area contributed by atoms with Crippen LogP contribution in [0.4, 0.5) is 0 Å². The maximum absolute atomic E-state index is 2.47. The Morgan fingerprint density at radius 2 is 0.831 bits per heavy atom. The zero-order chi connectivity index (χ0) is 38.6. The maximum atomic E-state index is 2.47. The van der Waals surface area contributed by atoms with E-state index in [2.05, 4.69) is 214 Å². The molecule has 0 unspecified atom stereocenters. The van der Waals surface area contributed by atoms with Crippen molar-refractivity contribution >= 4 is 97.7 Å². The van der Waals surface area contributed by atoms with Crippen LogP contribution in [0.15, 0.2) is 194 Å². The second-order valence-electron chi connectivity index (χ2n) is 15.7. The first kappa shape index (κ1) is 32.7. The van der Waals surface area contributed by atoms with Crippen LogP contribution in [0.25, 0.3) is 103 Å². The number of nitrogens with zero attached hydrogens (tertiary/aromatic N) is 3. The van der Waals surface area contributed by atoms with Crippen LogP contribution in [-0.4, -0.2) is 13.7 Å². The molecule has 0 amide bonds. The first-order valence-electron chi connectivity index (χ1n) is 20.3. The molecule has 0 saturated heterocycles. The molecule has 0 aliphatic heterocycles. The summed E-state index contributed by atoms with van der Waals surface area (Å²) < 4.78 is 10.0. The SMILES string of the molecule is C1=Cc2c(c3ccccc3n2-c2ccc3c(c2)sc2ccccc23)CC=C1c1cc(-n2c3ccccc3c3ccccc32)cc(-n2c3ccccc3c3ccccc32)c1. The molecule has 0 bridgehead atoms. The minimum Gasteiger partial charge on any atom is -0.310 e. The van der Waals surface area contributed by atoms with E-state index in [1.165, 1.54) is 103 Å².